The standard InChI is InChI=1S/C19H27F2NO4/c1-5-25-17-12-15(6-8-16(17)26-19(20)21)7-9-18(23)22(10-11-24-4)13-14(2)3/h6-9,12,14,19H,5,10-11,13H2,1-4H3/b9-7+. The van der Waals surface area contributed by atoms with Crippen LogP contribution in [0.5, 0.6) is 11.5 Å². The van der Waals surface area contributed by atoms with Crippen molar-refractivity contribution in [2.45, 2.75) is 27.4 Å². The second-order valence-electron chi connectivity index (χ2n) is 6.02. The van der Waals surface area contributed by atoms with Crippen LogP contribution in [-0.2, 0) is 9.53 Å². The van der Waals surface area contributed by atoms with Crippen molar-refractivity contribution in [1.82, 2.24) is 4.90 Å². The van der Waals surface area contributed by atoms with Gasteiger partial charge in [-0.1, -0.05) is 19.9 Å². The SMILES string of the molecule is CCOc1cc(/C=C/C(=O)N(CCOC)CC(C)C)ccc1OC(F)F. The molecule has 0 spiro atoms. The molecule has 0 atom stereocenters. The van der Waals surface area contributed by atoms with Gasteiger partial charge in [0, 0.05) is 26.3 Å². The first-order valence-corrected chi connectivity index (χ1v) is 8.54. The molecule has 0 heterocycles. The number of rotatable bonds is 11. The van der Waals surface area contributed by atoms with Crippen LogP contribution in [-0.4, -0.2) is 50.8 Å². The van der Waals surface area contributed by atoms with Crippen molar-refractivity contribution >= 4 is 12.0 Å². The van der Waals surface area contributed by atoms with E-state index >= 15 is 0 Å². The summed E-state index contributed by atoms with van der Waals surface area (Å²) in [4.78, 5) is 14.1. The molecule has 1 aromatic rings. The summed E-state index contributed by atoms with van der Waals surface area (Å²) in [5.74, 6) is 0.369. The molecule has 0 aliphatic heterocycles. The van der Waals surface area contributed by atoms with E-state index in [2.05, 4.69) is 4.74 Å². The average Bonchev–Trinajstić information content (AvgIpc) is 2.58. The van der Waals surface area contributed by atoms with Crippen LogP contribution < -0.4 is 9.47 Å². The lowest BCUT2D eigenvalue weighted by Gasteiger charge is -2.22. The number of nitrogens with zero attached hydrogens (tertiary/aromatic N) is 1. The third-order valence-corrected chi connectivity index (χ3v) is 3.36. The molecule has 0 N–H and O–H groups in total. The molecule has 5 nitrogen and oxygen atoms in total. The first-order valence-electron chi connectivity index (χ1n) is 8.54. The highest BCUT2D eigenvalue weighted by molar-refractivity contribution is 5.91. The van der Waals surface area contributed by atoms with Gasteiger partial charge in [0.05, 0.1) is 13.2 Å². The largest absolute Gasteiger partial charge is 0.490 e. The zero-order valence-corrected chi connectivity index (χ0v) is 15.7. The van der Waals surface area contributed by atoms with E-state index < -0.39 is 6.61 Å². The van der Waals surface area contributed by atoms with E-state index in [-0.39, 0.29) is 17.4 Å². The monoisotopic (exact) mass is 371 g/mol. The lowest BCUT2D eigenvalue weighted by Crippen LogP contribution is -2.35. The Morgan fingerprint density at radius 3 is 2.58 bits per heavy atom. The van der Waals surface area contributed by atoms with Gasteiger partial charge in [-0.25, -0.2) is 0 Å². The van der Waals surface area contributed by atoms with E-state index in [1.54, 1.807) is 37.1 Å². The lowest BCUT2D eigenvalue weighted by molar-refractivity contribution is -0.127. The third-order valence-electron chi connectivity index (χ3n) is 3.36. The molecule has 1 rings (SSSR count). The van der Waals surface area contributed by atoms with E-state index in [1.807, 2.05) is 13.8 Å². The highest BCUT2D eigenvalue weighted by Gasteiger charge is 2.13. The predicted molar refractivity (Wildman–Crippen MR) is 96.6 cm³/mol. The Morgan fingerprint density at radius 1 is 1.27 bits per heavy atom. The average molecular weight is 371 g/mol. The van der Waals surface area contributed by atoms with Gasteiger partial charge in [0.1, 0.15) is 0 Å². The Morgan fingerprint density at radius 2 is 2.00 bits per heavy atom. The maximum Gasteiger partial charge on any atom is 0.387 e. The second-order valence-corrected chi connectivity index (χ2v) is 6.02. The Bertz CT molecular complexity index is 591. The summed E-state index contributed by atoms with van der Waals surface area (Å²) in [5, 5.41) is 0. The molecule has 1 amide bonds. The molecule has 146 valence electrons. The van der Waals surface area contributed by atoms with Crippen molar-refractivity contribution in [1.29, 1.82) is 0 Å². The van der Waals surface area contributed by atoms with Crippen molar-refractivity contribution in [3.63, 3.8) is 0 Å². The number of carbonyl (C=O) groups excluding carboxylic acids is 1. The molecular weight excluding hydrogens is 344 g/mol. The summed E-state index contributed by atoms with van der Waals surface area (Å²) in [5.41, 5.74) is 0.652. The van der Waals surface area contributed by atoms with Crippen LogP contribution in [0.25, 0.3) is 6.08 Å². The van der Waals surface area contributed by atoms with Gasteiger partial charge in [-0.05, 0) is 36.6 Å². The molecule has 0 aromatic heterocycles. The number of alkyl halides is 2. The highest BCUT2D eigenvalue weighted by Crippen LogP contribution is 2.30. The summed E-state index contributed by atoms with van der Waals surface area (Å²) in [6.07, 6.45) is 3.08. The van der Waals surface area contributed by atoms with Crippen molar-refractivity contribution < 1.29 is 27.8 Å². The number of benzene rings is 1. The Balaban J connectivity index is 2.90. The number of hydrogen-bond acceptors (Lipinski definition) is 4. The van der Waals surface area contributed by atoms with Crippen LogP contribution >= 0.6 is 0 Å². The van der Waals surface area contributed by atoms with Gasteiger partial charge in [-0.15, -0.1) is 0 Å². The molecule has 0 aliphatic carbocycles. The lowest BCUT2D eigenvalue weighted by atomic mass is 10.1. The third kappa shape index (κ3) is 7.82. The minimum Gasteiger partial charge on any atom is -0.490 e. The molecule has 0 saturated carbocycles. The zero-order valence-electron chi connectivity index (χ0n) is 15.7. The van der Waals surface area contributed by atoms with Crippen LogP contribution in [0, 0.1) is 5.92 Å². The van der Waals surface area contributed by atoms with Gasteiger partial charge >= 0.3 is 6.61 Å². The maximum absolute atomic E-state index is 12.4. The minimum atomic E-state index is -2.93. The molecule has 0 fully saturated rings. The van der Waals surface area contributed by atoms with Gasteiger partial charge in [0.25, 0.3) is 0 Å². The van der Waals surface area contributed by atoms with Crippen LogP contribution in [0.2, 0.25) is 0 Å². The van der Waals surface area contributed by atoms with E-state index in [0.29, 0.717) is 37.8 Å². The van der Waals surface area contributed by atoms with Crippen molar-refractivity contribution in [3.8, 4) is 11.5 Å². The highest BCUT2D eigenvalue weighted by atomic mass is 19.3. The number of hydrogen-bond donors (Lipinski definition) is 0. The molecule has 0 aliphatic rings. The summed E-state index contributed by atoms with van der Waals surface area (Å²) in [6.45, 7) is 4.78. The minimum absolute atomic E-state index is 0.0353. The number of amides is 1. The topological polar surface area (TPSA) is 48.0 Å². The summed E-state index contributed by atoms with van der Waals surface area (Å²) in [7, 11) is 1.59. The van der Waals surface area contributed by atoms with E-state index in [1.165, 1.54) is 12.1 Å². The van der Waals surface area contributed by atoms with Crippen molar-refractivity contribution in [3.05, 3.63) is 29.8 Å². The molecule has 0 saturated heterocycles. The smallest absolute Gasteiger partial charge is 0.387 e. The van der Waals surface area contributed by atoms with E-state index in [0.717, 1.165) is 0 Å². The van der Waals surface area contributed by atoms with Gasteiger partial charge in [0.2, 0.25) is 5.91 Å². The quantitative estimate of drug-likeness (QED) is 0.555. The first-order chi connectivity index (χ1) is 12.4. The second kappa shape index (κ2) is 11.5. The summed E-state index contributed by atoms with van der Waals surface area (Å²) in [6, 6.07) is 4.55. The maximum atomic E-state index is 12.4. The van der Waals surface area contributed by atoms with Crippen LogP contribution in [0.1, 0.15) is 26.3 Å². The van der Waals surface area contributed by atoms with Crippen LogP contribution in [0.3, 0.4) is 0 Å². The molecule has 0 unspecified atom stereocenters. The number of methoxy groups -OCH3 is 1. The van der Waals surface area contributed by atoms with Crippen LogP contribution in [0.15, 0.2) is 24.3 Å². The molecule has 26 heavy (non-hydrogen) atoms. The number of ether oxygens (including phenoxy) is 3. The van der Waals surface area contributed by atoms with Gasteiger partial charge in [0.15, 0.2) is 11.5 Å². The zero-order chi connectivity index (χ0) is 19.5. The molecule has 0 bridgehead atoms. The van der Waals surface area contributed by atoms with Crippen LogP contribution in [0.4, 0.5) is 8.78 Å². The van der Waals surface area contributed by atoms with E-state index in [9.17, 15) is 13.6 Å². The Kier molecular flexibility index (Phi) is 9.65. The molecule has 7 heteroatoms. The summed E-state index contributed by atoms with van der Waals surface area (Å²) < 4.78 is 39.7. The molecular formula is C19H27F2NO4. The number of carbonyl (C=O) groups is 1. The fraction of sp³-hybridized carbons (Fsp3) is 0.526. The van der Waals surface area contributed by atoms with Crippen molar-refractivity contribution in [2.24, 2.45) is 5.92 Å². The summed E-state index contributed by atoms with van der Waals surface area (Å²) >= 11 is 0. The Hall–Kier alpha value is -2.15. The van der Waals surface area contributed by atoms with Gasteiger partial charge in [-0.3, -0.25) is 4.79 Å². The predicted octanol–water partition coefficient (Wildman–Crippen LogP) is 3.83. The van der Waals surface area contributed by atoms with E-state index in [4.69, 9.17) is 9.47 Å². The normalized spacial score (nSPS) is 11.4. The van der Waals surface area contributed by atoms with Gasteiger partial charge in [-0.2, -0.15) is 8.78 Å². The Labute approximate surface area is 153 Å². The van der Waals surface area contributed by atoms with Crippen molar-refractivity contribution in [2.75, 3.05) is 33.4 Å². The fourth-order valence-corrected chi connectivity index (χ4v) is 2.30. The fourth-order valence-electron chi connectivity index (χ4n) is 2.30. The number of halogens is 2. The molecule has 0 radical (unpaired) electrons. The molecule has 1 aromatic carbocycles. The first kappa shape index (κ1) is 21.9. The van der Waals surface area contributed by atoms with Gasteiger partial charge < -0.3 is 19.1 Å².